The highest BCUT2D eigenvalue weighted by Crippen LogP contribution is 2.28. The Morgan fingerprint density at radius 2 is 1.75 bits per heavy atom. The number of amides is 1. The second kappa shape index (κ2) is 9.36. The second-order valence-electron chi connectivity index (χ2n) is 6.96. The van der Waals surface area contributed by atoms with E-state index in [2.05, 4.69) is 47.7 Å². The molecule has 1 heterocycles. The molecule has 0 spiro atoms. The Morgan fingerprint density at radius 1 is 1.03 bits per heavy atom. The summed E-state index contributed by atoms with van der Waals surface area (Å²) in [7, 11) is 0. The highest BCUT2D eigenvalue weighted by molar-refractivity contribution is 9.11. The number of phenolic OH excluding ortho intramolecular Hbond substituents is 1. The molecule has 6 nitrogen and oxygen atoms in total. The molecule has 0 saturated heterocycles. The first-order valence-corrected chi connectivity index (χ1v) is 11.4. The maximum Gasteiger partial charge on any atom is 0.261 e. The lowest BCUT2D eigenvalue weighted by Gasteiger charge is -2.09. The Hall–Kier alpha value is -2.81. The highest BCUT2D eigenvalue weighted by atomic mass is 79.9. The fourth-order valence-electron chi connectivity index (χ4n) is 2.94. The molecule has 0 fully saturated rings. The number of nitrogens with zero attached hydrogens (tertiary/aromatic N) is 1. The molecule has 1 amide bonds. The lowest BCUT2D eigenvalue weighted by Crippen LogP contribution is -2.22. The second-order valence-corrected chi connectivity index (χ2v) is 9.16. The molecule has 0 atom stereocenters. The summed E-state index contributed by atoms with van der Waals surface area (Å²) in [5, 5.41) is 18.3. The van der Waals surface area contributed by atoms with E-state index in [1.165, 1.54) is 6.07 Å². The smallest absolute Gasteiger partial charge is 0.261 e. The molecule has 0 radical (unpaired) electrons. The average Bonchev–Trinajstić information content (AvgIpc) is 2.75. The largest absolute Gasteiger partial charge is 0.508 e. The molecule has 0 bridgehead atoms. The molecular formula is C23H16Br2ClN3O3. The van der Waals surface area contributed by atoms with Crippen LogP contribution in [0.4, 0.5) is 11.4 Å². The Balaban J connectivity index is 1.79. The predicted octanol–water partition coefficient (Wildman–Crippen LogP) is 6.81. The SMILES string of the molecule is Cc1ccc(NC(=O)c2cc3cc(Br)cc(Br)c3o/c2=N\Nc2ccc(Cl)cc2)cc1O. The van der Waals surface area contributed by atoms with Crippen molar-refractivity contribution in [3.63, 3.8) is 0 Å². The first-order valence-electron chi connectivity index (χ1n) is 9.39. The summed E-state index contributed by atoms with van der Waals surface area (Å²) in [6.07, 6.45) is 0. The van der Waals surface area contributed by atoms with Crippen molar-refractivity contribution in [2.45, 2.75) is 6.92 Å². The van der Waals surface area contributed by atoms with Crippen LogP contribution in [0.15, 0.2) is 79.1 Å². The van der Waals surface area contributed by atoms with Gasteiger partial charge in [0.25, 0.3) is 5.91 Å². The Labute approximate surface area is 205 Å². The number of aryl methyl sites for hydroxylation is 1. The van der Waals surface area contributed by atoms with Crippen LogP contribution < -0.4 is 16.3 Å². The van der Waals surface area contributed by atoms with Crippen molar-refractivity contribution in [1.82, 2.24) is 0 Å². The summed E-state index contributed by atoms with van der Waals surface area (Å²) < 4.78 is 7.53. The minimum Gasteiger partial charge on any atom is -0.508 e. The van der Waals surface area contributed by atoms with Crippen LogP contribution in [0.1, 0.15) is 15.9 Å². The van der Waals surface area contributed by atoms with Crippen LogP contribution in [-0.2, 0) is 0 Å². The number of nitrogens with one attached hydrogen (secondary N) is 2. The predicted molar refractivity (Wildman–Crippen MR) is 133 cm³/mol. The average molecular weight is 578 g/mol. The summed E-state index contributed by atoms with van der Waals surface area (Å²) in [6, 6.07) is 17.3. The van der Waals surface area contributed by atoms with E-state index in [1.807, 2.05) is 12.1 Å². The van der Waals surface area contributed by atoms with Gasteiger partial charge in [-0.3, -0.25) is 10.2 Å². The molecule has 32 heavy (non-hydrogen) atoms. The van der Waals surface area contributed by atoms with Gasteiger partial charge in [-0.2, -0.15) is 0 Å². The zero-order chi connectivity index (χ0) is 22.8. The van der Waals surface area contributed by atoms with Gasteiger partial charge in [-0.15, -0.1) is 5.10 Å². The standard InChI is InChI=1S/C23H16Br2ClN3O3/c1-12-2-5-17(11-20(12)30)27-22(31)18-9-13-8-14(24)10-19(25)21(13)32-23(18)29-28-16-6-3-15(26)4-7-16/h2-11,28,30H,1H3,(H,27,31)/b29-23-. The number of hydrogen-bond acceptors (Lipinski definition) is 5. The number of carbonyl (C=O) groups is 1. The summed E-state index contributed by atoms with van der Waals surface area (Å²) in [6.45, 7) is 1.78. The summed E-state index contributed by atoms with van der Waals surface area (Å²) in [4.78, 5) is 13.1. The molecule has 9 heteroatoms. The Kier molecular flexibility index (Phi) is 6.55. The van der Waals surface area contributed by atoms with Crippen molar-refractivity contribution >= 4 is 71.7 Å². The van der Waals surface area contributed by atoms with Gasteiger partial charge in [-0.05, 0) is 76.9 Å². The molecule has 162 valence electrons. The van der Waals surface area contributed by atoms with Gasteiger partial charge in [0.05, 0.1) is 10.2 Å². The number of hydrogen-bond donors (Lipinski definition) is 3. The number of aromatic hydroxyl groups is 1. The van der Waals surface area contributed by atoms with E-state index in [1.54, 1.807) is 49.4 Å². The zero-order valence-electron chi connectivity index (χ0n) is 16.6. The van der Waals surface area contributed by atoms with Crippen molar-refractivity contribution in [3.05, 3.63) is 91.3 Å². The van der Waals surface area contributed by atoms with Crippen LogP contribution in [0, 0.1) is 6.92 Å². The van der Waals surface area contributed by atoms with Gasteiger partial charge in [-0.25, -0.2) is 0 Å². The molecule has 4 aromatic rings. The van der Waals surface area contributed by atoms with Crippen molar-refractivity contribution in [2.24, 2.45) is 5.10 Å². The maximum absolute atomic E-state index is 13.1. The maximum atomic E-state index is 13.1. The summed E-state index contributed by atoms with van der Waals surface area (Å²) in [5.74, 6) is -0.347. The van der Waals surface area contributed by atoms with Crippen molar-refractivity contribution < 1.29 is 14.3 Å². The first kappa shape index (κ1) is 22.4. The molecular weight excluding hydrogens is 562 g/mol. The lowest BCUT2D eigenvalue weighted by atomic mass is 10.1. The number of halogens is 3. The Morgan fingerprint density at radius 3 is 2.47 bits per heavy atom. The minimum absolute atomic E-state index is 0.0873. The molecule has 4 rings (SSSR count). The Bertz CT molecular complexity index is 1400. The number of benzene rings is 3. The monoisotopic (exact) mass is 575 g/mol. The molecule has 0 aliphatic heterocycles. The van der Waals surface area contributed by atoms with Gasteiger partial charge < -0.3 is 14.8 Å². The fraction of sp³-hybridized carbons (Fsp3) is 0.0435. The highest BCUT2D eigenvalue weighted by Gasteiger charge is 2.15. The van der Waals surface area contributed by atoms with Gasteiger partial charge in [0.2, 0.25) is 5.55 Å². The molecule has 0 aliphatic carbocycles. The van der Waals surface area contributed by atoms with E-state index >= 15 is 0 Å². The van der Waals surface area contributed by atoms with Gasteiger partial charge in [0.15, 0.2) is 5.58 Å². The van der Waals surface area contributed by atoms with E-state index in [4.69, 9.17) is 16.0 Å². The molecule has 0 unspecified atom stereocenters. The molecule has 1 aromatic heterocycles. The van der Waals surface area contributed by atoms with E-state index < -0.39 is 5.91 Å². The lowest BCUT2D eigenvalue weighted by molar-refractivity contribution is 0.102. The van der Waals surface area contributed by atoms with Crippen LogP contribution in [0.25, 0.3) is 11.0 Å². The third kappa shape index (κ3) is 4.98. The third-order valence-electron chi connectivity index (χ3n) is 4.61. The number of anilines is 2. The van der Waals surface area contributed by atoms with Crippen molar-refractivity contribution in [1.29, 1.82) is 0 Å². The van der Waals surface area contributed by atoms with Gasteiger partial charge >= 0.3 is 0 Å². The van der Waals surface area contributed by atoms with E-state index in [0.717, 1.165) is 4.47 Å². The first-order chi connectivity index (χ1) is 15.3. The van der Waals surface area contributed by atoms with Crippen LogP contribution in [0.2, 0.25) is 5.02 Å². The van der Waals surface area contributed by atoms with Crippen LogP contribution in [-0.4, -0.2) is 11.0 Å². The fourth-order valence-corrected chi connectivity index (χ4v) is 4.40. The van der Waals surface area contributed by atoms with Crippen molar-refractivity contribution in [3.8, 4) is 5.75 Å². The van der Waals surface area contributed by atoms with E-state index in [0.29, 0.717) is 37.4 Å². The van der Waals surface area contributed by atoms with Crippen molar-refractivity contribution in [2.75, 3.05) is 10.7 Å². The molecule has 3 aromatic carbocycles. The number of fused-ring (bicyclic) bond motifs is 1. The minimum atomic E-state index is -0.438. The molecule has 3 N–H and O–H groups in total. The van der Waals surface area contributed by atoms with Crippen LogP contribution >= 0.6 is 43.5 Å². The quantitative estimate of drug-likeness (QED) is 0.233. The van der Waals surface area contributed by atoms with Gasteiger partial charge in [0, 0.05) is 26.6 Å². The molecule has 0 saturated carbocycles. The number of carbonyl (C=O) groups excluding carboxylic acids is 1. The number of phenols is 1. The molecule has 0 aliphatic rings. The van der Waals surface area contributed by atoms with Gasteiger partial charge in [-0.1, -0.05) is 33.6 Å². The summed E-state index contributed by atoms with van der Waals surface area (Å²) >= 11 is 12.9. The van der Waals surface area contributed by atoms with E-state index in [-0.39, 0.29) is 16.9 Å². The zero-order valence-corrected chi connectivity index (χ0v) is 20.5. The number of rotatable bonds is 4. The third-order valence-corrected chi connectivity index (χ3v) is 5.91. The normalized spacial score (nSPS) is 11.6. The van der Waals surface area contributed by atoms with Crippen LogP contribution in [0.3, 0.4) is 0 Å². The topological polar surface area (TPSA) is 86.9 Å². The van der Waals surface area contributed by atoms with E-state index in [9.17, 15) is 9.90 Å². The summed E-state index contributed by atoms with van der Waals surface area (Å²) in [5.41, 5.74) is 5.56. The van der Waals surface area contributed by atoms with Gasteiger partial charge in [0.1, 0.15) is 11.3 Å². The van der Waals surface area contributed by atoms with Crippen LogP contribution in [0.5, 0.6) is 5.75 Å².